The van der Waals surface area contributed by atoms with Crippen LogP contribution in [0.5, 0.6) is 5.75 Å². The van der Waals surface area contributed by atoms with Gasteiger partial charge >= 0.3 is 0 Å². The molecule has 0 atom stereocenters. The van der Waals surface area contributed by atoms with E-state index < -0.39 is 0 Å². The van der Waals surface area contributed by atoms with Crippen molar-refractivity contribution >= 4 is 33.8 Å². The highest BCUT2D eigenvalue weighted by Crippen LogP contribution is 2.31. The van der Waals surface area contributed by atoms with E-state index >= 15 is 0 Å². The van der Waals surface area contributed by atoms with Crippen LogP contribution in [0.25, 0.3) is 21.6 Å². The van der Waals surface area contributed by atoms with Gasteiger partial charge in [-0.2, -0.15) is 0 Å². The highest BCUT2D eigenvalue weighted by Gasteiger charge is 2.13. The molecule has 0 saturated heterocycles. The number of aromatic nitrogens is 2. The summed E-state index contributed by atoms with van der Waals surface area (Å²) in [6.07, 6.45) is 0. The zero-order valence-electron chi connectivity index (χ0n) is 11.5. The van der Waals surface area contributed by atoms with E-state index in [0.29, 0.717) is 22.5 Å². The van der Waals surface area contributed by atoms with Crippen molar-refractivity contribution in [2.45, 2.75) is 19.8 Å². The summed E-state index contributed by atoms with van der Waals surface area (Å²) >= 11 is 7.55. The van der Waals surface area contributed by atoms with Crippen molar-refractivity contribution in [3.63, 3.8) is 0 Å². The van der Waals surface area contributed by atoms with Crippen molar-refractivity contribution in [2.75, 3.05) is 0 Å². The van der Waals surface area contributed by atoms with Gasteiger partial charge in [-0.1, -0.05) is 25.4 Å². The molecule has 0 unspecified atom stereocenters. The van der Waals surface area contributed by atoms with E-state index in [0.717, 1.165) is 10.7 Å². The SMILES string of the molecule is CC(C)c1csc(-c2cc(=O)c3ccc(O)c(Cl)c3[nH]2)n1. The molecular formula is C15H13ClN2O2S. The minimum Gasteiger partial charge on any atom is -0.506 e. The number of nitrogens with zero attached hydrogens (tertiary/aromatic N) is 1. The first kappa shape index (κ1) is 14.1. The monoisotopic (exact) mass is 320 g/mol. The number of pyridine rings is 1. The Morgan fingerprint density at radius 3 is 2.81 bits per heavy atom. The van der Waals surface area contributed by atoms with Crippen molar-refractivity contribution in [2.24, 2.45) is 0 Å². The highest BCUT2D eigenvalue weighted by molar-refractivity contribution is 7.13. The molecule has 0 aliphatic rings. The molecule has 2 N–H and O–H groups in total. The number of fused-ring (bicyclic) bond motifs is 1. The quantitative estimate of drug-likeness (QED) is 0.746. The van der Waals surface area contributed by atoms with Crippen LogP contribution < -0.4 is 5.43 Å². The lowest BCUT2D eigenvalue weighted by molar-refractivity contribution is 0.476. The van der Waals surface area contributed by atoms with E-state index in [1.807, 2.05) is 5.38 Å². The fourth-order valence-corrected chi connectivity index (χ4v) is 3.23. The molecule has 0 aliphatic carbocycles. The molecule has 21 heavy (non-hydrogen) atoms. The van der Waals surface area contributed by atoms with Gasteiger partial charge in [0.2, 0.25) is 0 Å². The zero-order valence-corrected chi connectivity index (χ0v) is 13.0. The van der Waals surface area contributed by atoms with Crippen LogP contribution in [0.4, 0.5) is 0 Å². The van der Waals surface area contributed by atoms with Gasteiger partial charge in [-0.3, -0.25) is 4.79 Å². The smallest absolute Gasteiger partial charge is 0.190 e. The van der Waals surface area contributed by atoms with Crippen molar-refractivity contribution in [1.82, 2.24) is 9.97 Å². The Morgan fingerprint density at radius 1 is 1.38 bits per heavy atom. The molecule has 0 bridgehead atoms. The average Bonchev–Trinajstić information content (AvgIpc) is 2.93. The van der Waals surface area contributed by atoms with Gasteiger partial charge < -0.3 is 10.1 Å². The van der Waals surface area contributed by atoms with Gasteiger partial charge in [0.25, 0.3) is 0 Å². The van der Waals surface area contributed by atoms with Gasteiger partial charge in [0.05, 0.1) is 16.9 Å². The van der Waals surface area contributed by atoms with Crippen LogP contribution >= 0.6 is 22.9 Å². The molecule has 0 spiro atoms. The standard InChI is InChI=1S/C15H13ClN2O2S/c1-7(2)10-6-21-15(18-10)9-5-12(20)8-3-4-11(19)13(16)14(8)17-9/h3-7,19H,1-2H3,(H,17,20). The topological polar surface area (TPSA) is 66.0 Å². The summed E-state index contributed by atoms with van der Waals surface area (Å²) in [5.41, 5.74) is 1.87. The number of hydrogen-bond acceptors (Lipinski definition) is 4. The minimum atomic E-state index is -0.151. The van der Waals surface area contributed by atoms with Crippen LogP contribution in [0.3, 0.4) is 0 Å². The Morgan fingerprint density at radius 2 is 2.14 bits per heavy atom. The molecule has 0 amide bonds. The summed E-state index contributed by atoms with van der Waals surface area (Å²) in [6, 6.07) is 4.49. The second kappa shape index (κ2) is 5.16. The van der Waals surface area contributed by atoms with E-state index in [2.05, 4.69) is 23.8 Å². The van der Waals surface area contributed by atoms with E-state index in [9.17, 15) is 9.90 Å². The molecule has 3 aromatic rings. The Balaban J connectivity index is 2.24. The van der Waals surface area contributed by atoms with Gasteiger partial charge in [0.1, 0.15) is 15.8 Å². The molecule has 2 heterocycles. The summed E-state index contributed by atoms with van der Waals surface area (Å²) in [6.45, 7) is 4.13. The van der Waals surface area contributed by atoms with Crippen molar-refractivity contribution in [1.29, 1.82) is 0 Å². The lowest BCUT2D eigenvalue weighted by atomic mass is 10.1. The molecule has 108 valence electrons. The number of rotatable bonds is 2. The molecule has 4 nitrogen and oxygen atoms in total. The van der Waals surface area contributed by atoms with Crippen molar-refractivity contribution < 1.29 is 5.11 Å². The molecule has 2 aromatic heterocycles. The van der Waals surface area contributed by atoms with Crippen LogP contribution in [0.2, 0.25) is 5.02 Å². The highest BCUT2D eigenvalue weighted by atomic mass is 35.5. The van der Waals surface area contributed by atoms with E-state index in [1.54, 1.807) is 6.07 Å². The zero-order chi connectivity index (χ0) is 15.1. The number of aromatic hydroxyl groups is 1. The largest absolute Gasteiger partial charge is 0.506 e. The Labute approximate surface area is 130 Å². The first-order valence-corrected chi connectivity index (χ1v) is 7.73. The summed E-state index contributed by atoms with van der Waals surface area (Å²) in [4.78, 5) is 19.8. The van der Waals surface area contributed by atoms with E-state index in [4.69, 9.17) is 11.6 Å². The molecule has 0 saturated carbocycles. The summed E-state index contributed by atoms with van der Waals surface area (Å²) in [5.74, 6) is 0.272. The molecular weight excluding hydrogens is 308 g/mol. The maximum atomic E-state index is 12.2. The summed E-state index contributed by atoms with van der Waals surface area (Å²) < 4.78 is 0. The normalized spacial score (nSPS) is 11.4. The Hall–Kier alpha value is -1.85. The third kappa shape index (κ3) is 2.43. The van der Waals surface area contributed by atoms with Gasteiger partial charge in [0.15, 0.2) is 5.43 Å². The Bertz CT molecular complexity index is 883. The first-order chi connectivity index (χ1) is 9.97. The molecule has 6 heteroatoms. The molecule has 0 aliphatic heterocycles. The predicted octanol–water partition coefficient (Wildman–Crippen LogP) is 4.13. The number of benzene rings is 1. The maximum Gasteiger partial charge on any atom is 0.190 e. The Kier molecular flexibility index (Phi) is 3.47. The van der Waals surface area contributed by atoms with E-state index in [-0.39, 0.29) is 16.2 Å². The fourth-order valence-electron chi connectivity index (χ4n) is 2.06. The van der Waals surface area contributed by atoms with Crippen LogP contribution in [-0.4, -0.2) is 15.1 Å². The van der Waals surface area contributed by atoms with Crippen molar-refractivity contribution in [3.05, 3.63) is 44.5 Å². The van der Waals surface area contributed by atoms with Crippen LogP contribution in [-0.2, 0) is 0 Å². The van der Waals surface area contributed by atoms with Gasteiger partial charge in [-0.15, -0.1) is 11.3 Å². The molecule has 3 rings (SSSR count). The average molecular weight is 321 g/mol. The molecule has 1 aromatic carbocycles. The predicted molar refractivity (Wildman–Crippen MR) is 86.4 cm³/mol. The number of halogens is 1. The van der Waals surface area contributed by atoms with Crippen LogP contribution in [0.15, 0.2) is 28.4 Å². The second-order valence-corrected chi connectivity index (χ2v) is 6.34. The van der Waals surface area contributed by atoms with E-state index in [1.165, 1.54) is 23.5 Å². The minimum absolute atomic E-state index is 0.0565. The van der Waals surface area contributed by atoms with Crippen molar-refractivity contribution in [3.8, 4) is 16.5 Å². The summed E-state index contributed by atoms with van der Waals surface area (Å²) in [7, 11) is 0. The summed E-state index contributed by atoms with van der Waals surface area (Å²) in [5, 5.41) is 13.0. The number of phenolic OH excluding ortho intramolecular Hbond substituents is 1. The first-order valence-electron chi connectivity index (χ1n) is 6.47. The number of thiazole rings is 1. The number of phenols is 1. The van der Waals surface area contributed by atoms with Gasteiger partial charge in [-0.25, -0.2) is 4.98 Å². The number of hydrogen-bond donors (Lipinski definition) is 2. The van der Waals surface area contributed by atoms with Gasteiger partial charge in [-0.05, 0) is 18.1 Å². The van der Waals surface area contributed by atoms with Crippen LogP contribution in [0.1, 0.15) is 25.5 Å². The number of H-pyrrole nitrogens is 1. The molecule has 0 radical (unpaired) electrons. The third-order valence-electron chi connectivity index (χ3n) is 3.27. The maximum absolute atomic E-state index is 12.2. The van der Waals surface area contributed by atoms with Gasteiger partial charge in [0, 0.05) is 16.8 Å². The molecule has 0 fully saturated rings. The fraction of sp³-hybridized carbons (Fsp3) is 0.200. The lowest BCUT2D eigenvalue weighted by Gasteiger charge is -2.05. The third-order valence-corrected chi connectivity index (χ3v) is 4.54. The lowest BCUT2D eigenvalue weighted by Crippen LogP contribution is -2.03. The number of aromatic amines is 1. The number of nitrogens with one attached hydrogen (secondary N) is 1. The van der Waals surface area contributed by atoms with Crippen LogP contribution in [0, 0.1) is 0 Å². The second-order valence-electron chi connectivity index (χ2n) is 5.10.